The topological polar surface area (TPSA) is 313 Å². The minimum Gasteiger partial charge on any atom is -0.466 e. The molecule has 2 aromatic carbocycles. The molecule has 0 spiro atoms. The van der Waals surface area contributed by atoms with Gasteiger partial charge in [-0.1, -0.05) is 74.5 Å². The highest BCUT2D eigenvalue weighted by molar-refractivity contribution is 7.99. The van der Waals surface area contributed by atoms with Gasteiger partial charge in [0.2, 0.25) is 47.3 Å². The van der Waals surface area contributed by atoms with Crippen molar-refractivity contribution in [2.45, 2.75) is 134 Å². The number of nitrogens with two attached hydrogens (primary N) is 1. The Morgan fingerprint density at radius 3 is 2.12 bits per heavy atom. The molecule has 23 heteroatoms. The normalized spacial score (nSPS) is 21.9. The lowest BCUT2D eigenvalue weighted by molar-refractivity contribution is -0.142. The smallest absolute Gasteiger partial charge is 0.340 e. The number of primary amides is 1. The van der Waals surface area contributed by atoms with Crippen LogP contribution in [-0.2, 0) is 75.2 Å². The van der Waals surface area contributed by atoms with Crippen LogP contribution in [-0.4, -0.2) is 144 Å². The maximum absolute atomic E-state index is 15.2. The van der Waals surface area contributed by atoms with E-state index in [2.05, 4.69) is 38.5 Å². The molecule has 3 heterocycles. The zero-order chi connectivity index (χ0) is 58.8. The fourth-order valence-electron chi connectivity index (χ4n) is 9.85. The lowest BCUT2D eigenvalue weighted by Gasteiger charge is -2.31. The minimum atomic E-state index is -1.31. The summed E-state index contributed by atoms with van der Waals surface area (Å²) in [6.07, 6.45) is 3.46. The number of aromatic nitrogens is 1. The van der Waals surface area contributed by atoms with Crippen LogP contribution >= 0.6 is 11.8 Å². The first-order chi connectivity index (χ1) is 38.1. The number of rotatable bonds is 16. The molecule has 8 amide bonds. The van der Waals surface area contributed by atoms with E-state index in [4.69, 9.17) is 15.2 Å². The number of ketones is 1. The number of hydrogen-bond donors (Lipinski definition) is 7. The van der Waals surface area contributed by atoms with Gasteiger partial charge in [0.25, 0.3) is 0 Å². The number of allylic oxidation sites excluding steroid dienone is 1. The number of esters is 2. The summed E-state index contributed by atoms with van der Waals surface area (Å²) in [6.45, 7) is 11.7. The maximum atomic E-state index is 15.2. The molecule has 0 bridgehead atoms. The van der Waals surface area contributed by atoms with Gasteiger partial charge < -0.3 is 56.6 Å². The summed E-state index contributed by atoms with van der Waals surface area (Å²) in [7, 11) is 2.30. The number of fused-ring (bicyclic) bond motifs is 4. The number of benzene rings is 2. The summed E-state index contributed by atoms with van der Waals surface area (Å²) < 4.78 is 12.0. The lowest BCUT2D eigenvalue weighted by Crippen LogP contribution is -2.59. The van der Waals surface area contributed by atoms with Crippen LogP contribution in [0.5, 0.6) is 0 Å². The fourth-order valence-corrected chi connectivity index (χ4v) is 11.3. The molecule has 1 fully saturated rings. The van der Waals surface area contributed by atoms with Crippen molar-refractivity contribution in [3.63, 3.8) is 0 Å². The van der Waals surface area contributed by atoms with Gasteiger partial charge in [0, 0.05) is 55.5 Å². The zero-order valence-corrected chi connectivity index (χ0v) is 47.2. The van der Waals surface area contributed by atoms with Gasteiger partial charge in [-0.3, -0.25) is 43.2 Å². The number of hydrogen-bond acceptors (Lipinski definition) is 14. The van der Waals surface area contributed by atoms with Gasteiger partial charge in [0.1, 0.15) is 30.2 Å². The highest BCUT2D eigenvalue weighted by Gasteiger charge is 2.40. The Morgan fingerprint density at radius 2 is 1.49 bits per heavy atom. The molecule has 22 nitrogen and oxygen atoms in total. The number of methoxy groups -OCH3 is 2. The van der Waals surface area contributed by atoms with Crippen LogP contribution in [0.3, 0.4) is 0 Å². The Morgan fingerprint density at radius 1 is 0.812 bits per heavy atom. The number of Topliss-reactive ketones (excluding diaryl/α,β-unsaturated/α-hetero) is 1. The van der Waals surface area contributed by atoms with Gasteiger partial charge in [-0.25, -0.2) is 9.59 Å². The molecule has 8 N–H and O–H groups in total. The highest BCUT2D eigenvalue weighted by atomic mass is 32.2. The first kappa shape index (κ1) is 63.0. The van der Waals surface area contributed by atoms with E-state index in [9.17, 15) is 47.9 Å². The van der Waals surface area contributed by atoms with Crippen molar-refractivity contribution in [1.82, 2.24) is 41.4 Å². The first-order valence-electron chi connectivity index (χ1n) is 26.7. The maximum Gasteiger partial charge on any atom is 0.340 e. The number of nitrogens with zero attached hydrogens (tertiary/aromatic N) is 2. The molecule has 0 radical (unpaired) electrons. The van der Waals surface area contributed by atoms with E-state index in [-0.39, 0.29) is 81.0 Å². The third kappa shape index (κ3) is 17.1. The van der Waals surface area contributed by atoms with Crippen molar-refractivity contribution in [3.8, 4) is 0 Å². The number of carbonyl (C=O) groups excluding carboxylic acids is 11. The Balaban J connectivity index is 1.71. The highest BCUT2D eigenvalue weighted by Crippen LogP contribution is 2.40. The van der Waals surface area contributed by atoms with Gasteiger partial charge in [-0.05, 0) is 69.8 Å². The van der Waals surface area contributed by atoms with Crippen molar-refractivity contribution in [3.05, 3.63) is 84.6 Å². The summed E-state index contributed by atoms with van der Waals surface area (Å²) in [4.78, 5) is 152. The quantitative estimate of drug-likeness (QED) is 0.0616. The predicted molar refractivity (Wildman–Crippen MR) is 299 cm³/mol. The third-order valence-electron chi connectivity index (χ3n) is 14.0. The zero-order valence-electron chi connectivity index (χ0n) is 46.4. The molecule has 432 valence electrons. The predicted octanol–water partition coefficient (Wildman–Crippen LogP) is 2.39. The van der Waals surface area contributed by atoms with E-state index in [1.165, 1.54) is 43.5 Å². The van der Waals surface area contributed by atoms with Crippen LogP contribution in [0.1, 0.15) is 90.8 Å². The molecule has 3 aromatic rings. The number of thioether (sulfide) groups is 1. The van der Waals surface area contributed by atoms with Gasteiger partial charge in [-0.2, -0.15) is 0 Å². The van der Waals surface area contributed by atoms with Crippen molar-refractivity contribution in [2.75, 3.05) is 33.1 Å². The summed E-state index contributed by atoms with van der Waals surface area (Å²) in [5, 5.41) is 17.9. The molecule has 8 atom stereocenters. The SMILES string of the molecule is C=CC(CC(=O)[C@H](C)NC(C)=O)[C@H]1CSc2c3ccccc3c(/C(=C/C(=O)OC)C(=O)OC)n2CCCC[C@@H](C(=O)NCC(N)=O)NC(=O)[C@@H]2CCCN2C(=O)[C@H](CC(C)C)NC(=O)[C@H](C)NC(=O)[C@H](Cc2ccccc2)NC1=O. The minimum absolute atomic E-state index is 0.00540. The molecule has 1 saturated heterocycles. The monoisotopic (exact) mass is 1130 g/mol. The molecule has 2 aliphatic rings. The van der Waals surface area contributed by atoms with Crippen molar-refractivity contribution >= 4 is 93.1 Å². The van der Waals surface area contributed by atoms with E-state index >= 15 is 4.79 Å². The van der Waals surface area contributed by atoms with Crippen LogP contribution in [0, 0.1) is 17.8 Å². The second-order valence-corrected chi connectivity index (χ2v) is 21.4. The number of nitrogens with one attached hydrogen (secondary N) is 6. The Labute approximate surface area is 469 Å². The molecule has 1 aromatic heterocycles. The van der Waals surface area contributed by atoms with Crippen LogP contribution in [0.2, 0.25) is 0 Å². The average molecular weight is 1130 g/mol. The third-order valence-corrected chi connectivity index (χ3v) is 15.2. The molecule has 0 saturated carbocycles. The van der Waals surface area contributed by atoms with Crippen LogP contribution in [0.4, 0.5) is 0 Å². The molecule has 80 heavy (non-hydrogen) atoms. The summed E-state index contributed by atoms with van der Waals surface area (Å²) in [5.74, 6) is -9.75. The average Bonchev–Trinajstić information content (AvgIpc) is 4.25. The standard InChI is InChI=1S/C57H75N9O13S/c1-9-37(28-46(68)33(4)60-35(6)67)41-31-80-56-39-21-14-13-20-38(39)49(40(57(77)79-8)29-48(70)78-7)66(56)24-16-15-22-42(52(73)59-30-47(58)69)62-54(75)45-23-17-25-65(45)55(76)44(26-32(2)3)64-50(71)34(5)61-53(74)43(63-51(41)72)27-36-18-11-10-12-19-36/h9-14,18-21,29,32-34,37,41-45H,1,15-17,22-28,30-31H2,2-8H3,(H2,58,69)(H,59,73)(H,60,67)(H,61,74)(H,62,75)(H,63,72)(H,64,71)/b40-29-/t33-,34-,37?,41+,42-,43-,44-,45-/m0/s1. The second kappa shape index (κ2) is 30.0. The number of carbonyl (C=O) groups is 11. The van der Waals surface area contributed by atoms with Crippen LogP contribution in [0.25, 0.3) is 16.3 Å². The molecule has 1 unspecified atom stereocenters. The number of ether oxygens (including phenoxy) is 2. The number of amides is 8. The van der Waals surface area contributed by atoms with E-state index in [1.54, 1.807) is 59.2 Å². The fraction of sp³-hybridized carbons (Fsp3) is 0.491. The second-order valence-electron chi connectivity index (χ2n) is 20.4. The molecule has 0 aliphatic carbocycles. The Hall–Kier alpha value is -7.82. The summed E-state index contributed by atoms with van der Waals surface area (Å²) in [6, 6.07) is 8.94. The molecular formula is C57H75N9O13S. The van der Waals surface area contributed by atoms with Gasteiger partial charge in [-0.15, -0.1) is 18.3 Å². The Kier molecular flexibility index (Phi) is 23.6. The van der Waals surface area contributed by atoms with Gasteiger partial charge in [0.15, 0.2) is 5.78 Å². The molecule has 2 aliphatic heterocycles. The van der Waals surface area contributed by atoms with Crippen LogP contribution < -0.4 is 37.6 Å². The summed E-state index contributed by atoms with van der Waals surface area (Å²) in [5.41, 5.74) is 6.11. The van der Waals surface area contributed by atoms with Crippen LogP contribution in [0.15, 0.2) is 78.4 Å². The molecular weight excluding hydrogens is 1050 g/mol. The van der Waals surface area contributed by atoms with Gasteiger partial charge in [0.05, 0.1) is 49.0 Å². The van der Waals surface area contributed by atoms with Crippen molar-refractivity contribution in [1.29, 1.82) is 0 Å². The van der Waals surface area contributed by atoms with E-state index in [0.29, 0.717) is 27.8 Å². The molecule has 5 rings (SSSR count). The van der Waals surface area contributed by atoms with Crippen molar-refractivity contribution < 1.29 is 62.2 Å². The Bertz CT molecular complexity index is 2830. The largest absolute Gasteiger partial charge is 0.466 e. The van der Waals surface area contributed by atoms with E-state index < -0.39 is 120 Å². The van der Waals surface area contributed by atoms with Gasteiger partial charge >= 0.3 is 11.9 Å². The van der Waals surface area contributed by atoms with E-state index in [1.807, 2.05) is 13.8 Å². The van der Waals surface area contributed by atoms with Crippen molar-refractivity contribution in [2.24, 2.45) is 23.5 Å². The summed E-state index contributed by atoms with van der Waals surface area (Å²) >= 11 is 1.18. The first-order valence-corrected chi connectivity index (χ1v) is 27.7. The van der Waals surface area contributed by atoms with E-state index in [0.717, 1.165) is 20.3 Å². The lowest BCUT2D eigenvalue weighted by atomic mass is 9.86.